The van der Waals surface area contributed by atoms with Gasteiger partial charge < -0.3 is 10.1 Å². The maximum absolute atomic E-state index is 12.9. The van der Waals surface area contributed by atoms with Crippen LogP contribution in [-0.2, 0) is 0 Å². The SMILES string of the molecule is Cc1cc2cc(-c3ccc(F)cc3)[nH]c2cc1O. The van der Waals surface area contributed by atoms with E-state index >= 15 is 0 Å². The quantitative estimate of drug-likeness (QED) is 0.664. The number of hydrogen-bond acceptors (Lipinski definition) is 1. The number of rotatable bonds is 1. The third kappa shape index (κ3) is 1.74. The second kappa shape index (κ2) is 3.88. The molecule has 2 N–H and O–H groups in total. The Balaban J connectivity index is 2.16. The molecule has 1 aromatic heterocycles. The monoisotopic (exact) mass is 241 g/mol. The molecule has 0 aliphatic carbocycles. The summed E-state index contributed by atoms with van der Waals surface area (Å²) in [6, 6.07) is 12.0. The van der Waals surface area contributed by atoms with Gasteiger partial charge in [-0.3, -0.25) is 0 Å². The lowest BCUT2D eigenvalue weighted by atomic mass is 10.1. The van der Waals surface area contributed by atoms with Crippen molar-refractivity contribution in [2.24, 2.45) is 0 Å². The highest BCUT2D eigenvalue weighted by molar-refractivity contribution is 5.87. The van der Waals surface area contributed by atoms with Crippen LogP contribution in [0.2, 0.25) is 0 Å². The van der Waals surface area contributed by atoms with Crippen LogP contribution in [0.3, 0.4) is 0 Å². The van der Waals surface area contributed by atoms with Crippen molar-refractivity contribution >= 4 is 10.9 Å². The molecule has 0 unspecified atom stereocenters. The van der Waals surface area contributed by atoms with Crippen LogP contribution in [0.1, 0.15) is 5.56 Å². The van der Waals surface area contributed by atoms with Gasteiger partial charge in [0.15, 0.2) is 0 Å². The van der Waals surface area contributed by atoms with Gasteiger partial charge in [0.05, 0.1) is 0 Å². The Kier molecular flexibility index (Phi) is 2.33. The third-order valence-electron chi connectivity index (χ3n) is 3.09. The predicted octanol–water partition coefficient (Wildman–Crippen LogP) is 3.99. The second-order valence-corrected chi connectivity index (χ2v) is 4.42. The molecule has 0 bridgehead atoms. The number of aromatic nitrogens is 1. The zero-order valence-electron chi connectivity index (χ0n) is 9.87. The van der Waals surface area contributed by atoms with E-state index in [9.17, 15) is 9.50 Å². The summed E-state index contributed by atoms with van der Waals surface area (Å²) >= 11 is 0. The molecule has 3 aromatic rings. The number of aromatic amines is 1. The number of H-pyrrole nitrogens is 1. The van der Waals surface area contributed by atoms with Gasteiger partial charge in [-0.15, -0.1) is 0 Å². The van der Waals surface area contributed by atoms with E-state index < -0.39 is 0 Å². The van der Waals surface area contributed by atoms with Crippen LogP contribution in [0.25, 0.3) is 22.2 Å². The summed E-state index contributed by atoms with van der Waals surface area (Å²) in [5.41, 5.74) is 3.55. The van der Waals surface area contributed by atoms with Crippen LogP contribution in [0.5, 0.6) is 5.75 Å². The molecule has 0 saturated carbocycles. The molecule has 0 radical (unpaired) electrons. The van der Waals surface area contributed by atoms with Gasteiger partial charge in [0, 0.05) is 22.7 Å². The van der Waals surface area contributed by atoms with E-state index in [2.05, 4.69) is 4.98 Å². The van der Waals surface area contributed by atoms with Crippen molar-refractivity contribution in [3.05, 3.63) is 53.8 Å². The van der Waals surface area contributed by atoms with Gasteiger partial charge in [-0.1, -0.05) is 0 Å². The molecule has 0 amide bonds. The molecule has 0 saturated heterocycles. The lowest BCUT2D eigenvalue weighted by Crippen LogP contribution is -1.78. The van der Waals surface area contributed by atoms with Crippen molar-refractivity contribution in [2.45, 2.75) is 6.92 Å². The highest BCUT2D eigenvalue weighted by atomic mass is 19.1. The summed E-state index contributed by atoms with van der Waals surface area (Å²) in [5, 5.41) is 10.7. The minimum absolute atomic E-state index is 0.247. The maximum Gasteiger partial charge on any atom is 0.123 e. The summed E-state index contributed by atoms with van der Waals surface area (Å²) in [7, 11) is 0. The smallest absolute Gasteiger partial charge is 0.123 e. The first-order chi connectivity index (χ1) is 8.63. The van der Waals surface area contributed by atoms with E-state index in [1.54, 1.807) is 18.2 Å². The lowest BCUT2D eigenvalue weighted by molar-refractivity contribution is 0.472. The molecule has 0 aliphatic rings. The number of phenolic OH excluding ortho intramolecular Hbond substituents is 1. The van der Waals surface area contributed by atoms with Crippen molar-refractivity contribution in [3.63, 3.8) is 0 Å². The molecular formula is C15H12FNO. The summed E-state index contributed by atoms with van der Waals surface area (Å²) in [5.74, 6) is 0.0263. The largest absolute Gasteiger partial charge is 0.508 e. The Morgan fingerprint density at radius 1 is 1.06 bits per heavy atom. The molecule has 2 nitrogen and oxygen atoms in total. The fraction of sp³-hybridized carbons (Fsp3) is 0.0667. The minimum Gasteiger partial charge on any atom is -0.508 e. The van der Waals surface area contributed by atoms with Crippen molar-refractivity contribution in [1.82, 2.24) is 4.98 Å². The number of phenols is 1. The Bertz CT molecular complexity index is 674. The molecule has 90 valence electrons. The Hall–Kier alpha value is -2.29. The molecule has 0 spiro atoms. The zero-order valence-corrected chi connectivity index (χ0v) is 9.87. The summed E-state index contributed by atoms with van der Waals surface area (Å²) in [4.78, 5) is 3.22. The van der Waals surface area contributed by atoms with Crippen molar-refractivity contribution in [3.8, 4) is 17.0 Å². The van der Waals surface area contributed by atoms with Crippen LogP contribution in [0.15, 0.2) is 42.5 Å². The number of fused-ring (bicyclic) bond motifs is 1. The topological polar surface area (TPSA) is 36.0 Å². The summed E-state index contributed by atoms with van der Waals surface area (Å²) in [6.45, 7) is 1.86. The standard InChI is InChI=1S/C15H12FNO/c1-9-6-11-7-13(17-14(11)8-15(9)18)10-2-4-12(16)5-3-10/h2-8,17-18H,1H3. The van der Waals surface area contributed by atoms with Gasteiger partial charge in [0.1, 0.15) is 11.6 Å². The van der Waals surface area contributed by atoms with Gasteiger partial charge in [0.25, 0.3) is 0 Å². The zero-order chi connectivity index (χ0) is 12.7. The lowest BCUT2D eigenvalue weighted by Gasteiger charge is -1.97. The highest BCUT2D eigenvalue weighted by Gasteiger charge is 2.06. The predicted molar refractivity (Wildman–Crippen MR) is 70.1 cm³/mol. The molecular weight excluding hydrogens is 229 g/mol. The number of halogens is 1. The molecule has 2 aromatic carbocycles. The summed E-state index contributed by atoms with van der Waals surface area (Å²) in [6.07, 6.45) is 0. The fourth-order valence-electron chi connectivity index (χ4n) is 2.07. The van der Waals surface area contributed by atoms with Crippen LogP contribution in [0.4, 0.5) is 4.39 Å². The van der Waals surface area contributed by atoms with E-state index in [1.165, 1.54) is 12.1 Å². The number of benzene rings is 2. The maximum atomic E-state index is 12.9. The van der Waals surface area contributed by atoms with Crippen LogP contribution >= 0.6 is 0 Å². The number of aryl methyl sites for hydroxylation is 1. The van der Waals surface area contributed by atoms with Crippen LogP contribution in [-0.4, -0.2) is 10.1 Å². The van der Waals surface area contributed by atoms with Gasteiger partial charge >= 0.3 is 0 Å². The number of nitrogens with one attached hydrogen (secondary N) is 1. The second-order valence-electron chi connectivity index (χ2n) is 4.42. The van der Waals surface area contributed by atoms with Gasteiger partial charge in [-0.2, -0.15) is 0 Å². The minimum atomic E-state index is -0.247. The number of hydrogen-bond donors (Lipinski definition) is 2. The van der Waals surface area contributed by atoms with Crippen molar-refractivity contribution in [2.75, 3.05) is 0 Å². The first-order valence-electron chi connectivity index (χ1n) is 5.72. The van der Waals surface area contributed by atoms with E-state index in [0.29, 0.717) is 0 Å². The van der Waals surface area contributed by atoms with Gasteiger partial charge in [0.2, 0.25) is 0 Å². The molecule has 0 atom stereocenters. The average molecular weight is 241 g/mol. The van der Waals surface area contributed by atoms with E-state index in [-0.39, 0.29) is 11.6 Å². The molecule has 0 aliphatic heterocycles. The number of aromatic hydroxyl groups is 1. The highest BCUT2D eigenvalue weighted by Crippen LogP contribution is 2.28. The van der Waals surface area contributed by atoms with Gasteiger partial charge in [-0.05, 0) is 54.4 Å². The Morgan fingerprint density at radius 3 is 2.50 bits per heavy atom. The van der Waals surface area contributed by atoms with Gasteiger partial charge in [-0.25, -0.2) is 4.39 Å². The molecule has 3 heteroatoms. The first kappa shape index (κ1) is 10.8. The first-order valence-corrected chi connectivity index (χ1v) is 5.72. The normalized spacial score (nSPS) is 11.0. The van der Waals surface area contributed by atoms with Crippen molar-refractivity contribution in [1.29, 1.82) is 0 Å². The molecule has 3 rings (SSSR count). The van der Waals surface area contributed by atoms with E-state index in [1.807, 2.05) is 19.1 Å². The summed E-state index contributed by atoms with van der Waals surface area (Å²) < 4.78 is 12.9. The van der Waals surface area contributed by atoms with E-state index in [0.717, 1.165) is 27.7 Å². The Morgan fingerprint density at radius 2 is 1.78 bits per heavy atom. The van der Waals surface area contributed by atoms with E-state index in [4.69, 9.17) is 0 Å². The Labute approximate surface area is 104 Å². The molecule has 18 heavy (non-hydrogen) atoms. The third-order valence-corrected chi connectivity index (χ3v) is 3.09. The molecule has 0 fully saturated rings. The average Bonchev–Trinajstić information content (AvgIpc) is 2.73. The van der Waals surface area contributed by atoms with Crippen LogP contribution in [0, 0.1) is 12.7 Å². The fourth-order valence-corrected chi connectivity index (χ4v) is 2.07. The van der Waals surface area contributed by atoms with Crippen LogP contribution < -0.4 is 0 Å². The molecule has 1 heterocycles. The van der Waals surface area contributed by atoms with Crippen molar-refractivity contribution < 1.29 is 9.50 Å².